The molecule has 1 fully saturated rings. The Balaban J connectivity index is 1.23. The van der Waals surface area contributed by atoms with Crippen molar-refractivity contribution in [2.45, 2.75) is 12.6 Å². The van der Waals surface area contributed by atoms with E-state index in [1.54, 1.807) is 65.6 Å². The summed E-state index contributed by atoms with van der Waals surface area (Å²) in [5, 5.41) is 12.2. The van der Waals surface area contributed by atoms with Gasteiger partial charge >= 0.3 is 0 Å². The molecule has 2 aliphatic heterocycles. The fourth-order valence-corrected chi connectivity index (χ4v) is 6.45. The minimum Gasteiger partial charge on any atom is -0.472 e. The third-order valence-electron chi connectivity index (χ3n) is 8.67. The van der Waals surface area contributed by atoms with Crippen LogP contribution >= 0.6 is 11.6 Å². The van der Waals surface area contributed by atoms with Crippen LogP contribution in [0.4, 0.5) is 10.1 Å². The monoisotopic (exact) mass is 639 g/mol. The van der Waals surface area contributed by atoms with Gasteiger partial charge in [-0.1, -0.05) is 60.1 Å². The van der Waals surface area contributed by atoms with Gasteiger partial charge in [-0.3, -0.25) is 9.59 Å². The van der Waals surface area contributed by atoms with Gasteiger partial charge in [0.1, 0.15) is 17.7 Å². The number of aliphatic hydroxyl groups excluding tert-OH is 1. The maximum atomic E-state index is 16.1. The summed E-state index contributed by atoms with van der Waals surface area (Å²) in [6.45, 7) is 2.11. The molecule has 1 N–H and O–H groups in total. The predicted molar refractivity (Wildman–Crippen MR) is 174 cm³/mol. The molecule has 0 aliphatic carbocycles. The Bertz CT molecular complexity index is 1970. The molecule has 46 heavy (non-hydrogen) atoms. The molecule has 4 aromatic carbocycles. The lowest BCUT2D eigenvalue weighted by atomic mass is 9.93. The summed E-state index contributed by atoms with van der Waals surface area (Å²) in [5.41, 5.74) is 3.80. The van der Waals surface area contributed by atoms with Gasteiger partial charge in [0, 0.05) is 65.2 Å². The molecule has 0 bridgehead atoms. The fourth-order valence-electron chi connectivity index (χ4n) is 6.21. The molecule has 0 spiro atoms. The topological polar surface area (TPSA) is 84.2 Å². The SMILES string of the molecule is Cn1ccc2cc(C(=O)N3COc4c(cccc4-c4cc(N5CCOCC5)c(C(=O)C(O)c5ccccc5)cc4F)C3)c(Cl)cc21. The summed E-state index contributed by atoms with van der Waals surface area (Å²) in [5.74, 6) is -1.02. The number of anilines is 1. The number of amides is 1. The number of fused-ring (bicyclic) bond motifs is 2. The van der Waals surface area contributed by atoms with Crippen molar-refractivity contribution in [3.63, 3.8) is 0 Å². The number of aryl methyl sites for hydroxylation is 1. The van der Waals surface area contributed by atoms with Crippen LogP contribution in [0.1, 0.15) is 37.9 Å². The van der Waals surface area contributed by atoms with Crippen LogP contribution < -0.4 is 9.64 Å². The Hall–Kier alpha value is -4.70. The van der Waals surface area contributed by atoms with E-state index in [9.17, 15) is 14.7 Å². The summed E-state index contributed by atoms with van der Waals surface area (Å²) in [6.07, 6.45) is 0.466. The standard InChI is InChI=1S/C36H31ClFN3O5/c1-39-11-10-23-16-27(29(37)19-31(23)39)36(44)41-20-24-8-5-9-25(35(24)46-21-41)26-18-32(40-12-14-45-15-13-40)28(17-30(26)38)34(43)33(42)22-6-3-2-4-7-22/h2-11,16-19,33,42H,12-15,20-21H2,1H3. The first-order valence-corrected chi connectivity index (χ1v) is 15.4. The van der Waals surface area contributed by atoms with Crippen LogP contribution in [0.25, 0.3) is 22.0 Å². The van der Waals surface area contributed by atoms with Crippen molar-refractivity contribution in [3.8, 4) is 16.9 Å². The van der Waals surface area contributed by atoms with Crippen molar-refractivity contribution < 1.29 is 28.6 Å². The Morgan fingerprint density at radius 3 is 2.50 bits per heavy atom. The molecule has 5 aromatic rings. The van der Waals surface area contributed by atoms with Gasteiger partial charge in [-0.15, -0.1) is 0 Å². The number of morpholine rings is 1. The van der Waals surface area contributed by atoms with E-state index >= 15 is 4.39 Å². The van der Waals surface area contributed by atoms with Gasteiger partial charge in [-0.25, -0.2) is 4.39 Å². The van der Waals surface area contributed by atoms with Gasteiger partial charge in [0.15, 0.2) is 12.5 Å². The number of hydrogen-bond acceptors (Lipinski definition) is 6. The minimum absolute atomic E-state index is 0.0518. The first kappa shape index (κ1) is 30.0. The van der Waals surface area contributed by atoms with Crippen molar-refractivity contribution in [2.75, 3.05) is 37.9 Å². The Kier molecular flexibility index (Phi) is 7.98. The number of nitrogens with zero attached hydrogens (tertiary/aromatic N) is 3. The van der Waals surface area contributed by atoms with Crippen molar-refractivity contribution in [3.05, 3.63) is 118 Å². The number of ether oxygens (including phenoxy) is 2. The number of benzene rings is 4. The van der Waals surface area contributed by atoms with E-state index in [1.807, 2.05) is 34.8 Å². The molecule has 0 radical (unpaired) electrons. The maximum Gasteiger partial charge on any atom is 0.258 e. The Labute approximate surface area is 270 Å². The zero-order chi connectivity index (χ0) is 31.9. The lowest BCUT2D eigenvalue weighted by Crippen LogP contribution is -2.37. The summed E-state index contributed by atoms with van der Waals surface area (Å²) < 4.78 is 29.7. The second-order valence-corrected chi connectivity index (χ2v) is 11.9. The number of ketones is 1. The molecular weight excluding hydrogens is 609 g/mol. The highest BCUT2D eigenvalue weighted by atomic mass is 35.5. The molecule has 0 saturated carbocycles. The van der Waals surface area contributed by atoms with Crippen molar-refractivity contribution in [2.24, 2.45) is 7.05 Å². The summed E-state index contributed by atoms with van der Waals surface area (Å²) >= 11 is 6.54. The highest BCUT2D eigenvalue weighted by Crippen LogP contribution is 2.41. The molecule has 10 heteroatoms. The molecular formula is C36H31ClFN3O5. The molecule has 7 rings (SSSR count). The largest absolute Gasteiger partial charge is 0.472 e. The zero-order valence-corrected chi connectivity index (χ0v) is 25.8. The Morgan fingerprint density at radius 2 is 1.72 bits per heavy atom. The van der Waals surface area contributed by atoms with Crippen LogP contribution in [-0.4, -0.2) is 59.3 Å². The molecule has 3 heterocycles. The summed E-state index contributed by atoms with van der Waals surface area (Å²) in [4.78, 5) is 30.7. The van der Waals surface area contributed by atoms with E-state index in [1.165, 1.54) is 6.07 Å². The third kappa shape index (κ3) is 5.40. The first-order valence-electron chi connectivity index (χ1n) is 15.0. The number of Topliss-reactive ketones (excluding diaryl/α,β-unsaturated/α-hetero) is 1. The highest BCUT2D eigenvalue weighted by molar-refractivity contribution is 6.34. The average molecular weight is 640 g/mol. The fraction of sp³-hybridized carbons (Fsp3) is 0.222. The second kappa shape index (κ2) is 12.2. The smallest absolute Gasteiger partial charge is 0.258 e. The average Bonchev–Trinajstić information content (AvgIpc) is 3.45. The number of rotatable bonds is 6. The summed E-state index contributed by atoms with van der Waals surface area (Å²) in [7, 11) is 1.92. The van der Waals surface area contributed by atoms with Gasteiger partial charge in [0.2, 0.25) is 0 Å². The van der Waals surface area contributed by atoms with Crippen LogP contribution in [0, 0.1) is 5.82 Å². The number of aromatic nitrogens is 1. The molecule has 1 atom stereocenters. The molecule has 1 saturated heterocycles. The number of carbonyl (C=O) groups excluding carboxylic acids is 2. The van der Waals surface area contributed by atoms with Gasteiger partial charge in [-0.2, -0.15) is 0 Å². The number of halogens is 2. The van der Waals surface area contributed by atoms with E-state index in [2.05, 4.69) is 0 Å². The number of para-hydroxylation sites is 1. The molecule has 1 unspecified atom stereocenters. The van der Waals surface area contributed by atoms with E-state index < -0.39 is 17.7 Å². The first-order chi connectivity index (χ1) is 22.3. The van der Waals surface area contributed by atoms with E-state index in [0.717, 1.165) is 10.9 Å². The van der Waals surface area contributed by atoms with Gasteiger partial charge < -0.3 is 28.9 Å². The van der Waals surface area contributed by atoms with Crippen LogP contribution in [0.3, 0.4) is 0 Å². The van der Waals surface area contributed by atoms with Crippen molar-refractivity contribution in [1.29, 1.82) is 0 Å². The molecule has 1 aromatic heterocycles. The molecule has 1 amide bonds. The van der Waals surface area contributed by atoms with Gasteiger partial charge in [0.05, 0.1) is 30.3 Å². The normalized spacial score (nSPS) is 15.4. The highest BCUT2D eigenvalue weighted by Gasteiger charge is 2.30. The lowest BCUT2D eigenvalue weighted by molar-refractivity contribution is 0.0516. The zero-order valence-electron chi connectivity index (χ0n) is 25.1. The number of hydrogen-bond donors (Lipinski definition) is 1. The van der Waals surface area contributed by atoms with E-state index in [0.29, 0.717) is 65.0 Å². The second-order valence-electron chi connectivity index (χ2n) is 11.5. The number of aliphatic hydroxyl groups is 1. The quantitative estimate of drug-likeness (QED) is 0.217. The van der Waals surface area contributed by atoms with Crippen LogP contribution in [0.5, 0.6) is 5.75 Å². The van der Waals surface area contributed by atoms with Crippen LogP contribution in [0.2, 0.25) is 5.02 Å². The van der Waals surface area contributed by atoms with Crippen molar-refractivity contribution >= 4 is 39.9 Å². The third-order valence-corrected chi connectivity index (χ3v) is 8.98. The van der Waals surface area contributed by atoms with Gasteiger partial charge in [0.25, 0.3) is 5.91 Å². The Morgan fingerprint density at radius 1 is 0.935 bits per heavy atom. The lowest BCUT2D eigenvalue weighted by Gasteiger charge is -2.32. The molecule has 2 aliphatic rings. The van der Waals surface area contributed by atoms with Crippen LogP contribution in [-0.2, 0) is 18.3 Å². The van der Waals surface area contributed by atoms with E-state index in [4.69, 9.17) is 21.1 Å². The predicted octanol–water partition coefficient (Wildman–Crippen LogP) is 6.38. The van der Waals surface area contributed by atoms with E-state index in [-0.39, 0.29) is 30.3 Å². The summed E-state index contributed by atoms with van der Waals surface area (Å²) in [6, 6.07) is 22.3. The molecule has 8 nitrogen and oxygen atoms in total. The van der Waals surface area contributed by atoms with Gasteiger partial charge in [-0.05, 0) is 35.9 Å². The number of carbonyl (C=O) groups is 2. The molecule has 234 valence electrons. The maximum absolute atomic E-state index is 16.1. The minimum atomic E-state index is -1.45. The van der Waals surface area contributed by atoms with Crippen molar-refractivity contribution in [1.82, 2.24) is 9.47 Å². The van der Waals surface area contributed by atoms with Crippen LogP contribution in [0.15, 0.2) is 85.1 Å².